The third-order valence-corrected chi connectivity index (χ3v) is 10.3. The largest absolute Gasteiger partial charge is 0.243 e. The first kappa shape index (κ1) is 32.3. The molecule has 0 unspecified atom stereocenters. The Balaban J connectivity index is 1.18. The van der Waals surface area contributed by atoms with Crippen molar-refractivity contribution in [3.63, 3.8) is 0 Å². The molecule has 258 valence electrons. The van der Waals surface area contributed by atoms with E-state index in [9.17, 15) is 0 Å². The molecule has 5 heteroatoms. The summed E-state index contributed by atoms with van der Waals surface area (Å²) in [7, 11) is 0. The second kappa shape index (κ2) is 13.9. The Kier molecular flexibility index (Phi) is 8.15. The van der Waals surface area contributed by atoms with Crippen LogP contribution < -0.4 is 4.57 Å². The highest BCUT2D eigenvalue weighted by atomic mass is 15.0. The van der Waals surface area contributed by atoms with E-state index in [4.69, 9.17) is 19.9 Å². The Morgan fingerprint density at radius 3 is 1.53 bits per heavy atom. The molecule has 0 bridgehead atoms. The van der Waals surface area contributed by atoms with Crippen molar-refractivity contribution in [2.75, 3.05) is 0 Å². The molecule has 2 heterocycles. The molecule has 10 rings (SSSR count). The molecule has 0 radical (unpaired) electrons. The van der Waals surface area contributed by atoms with E-state index in [2.05, 4.69) is 156 Å². The molecule has 1 aliphatic rings. The minimum absolute atomic E-state index is 0.603. The van der Waals surface area contributed by atoms with Crippen LogP contribution in [0.4, 0.5) is 0 Å². The van der Waals surface area contributed by atoms with Crippen LogP contribution in [0.1, 0.15) is 11.3 Å². The molecule has 1 aliphatic carbocycles. The first-order chi connectivity index (χ1) is 27.2. The van der Waals surface area contributed by atoms with Gasteiger partial charge in [-0.25, -0.2) is 19.9 Å². The van der Waals surface area contributed by atoms with E-state index < -0.39 is 0 Å². The summed E-state index contributed by atoms with van der Waals surface area (Å²) in [5.41, 5.74) is 15.1. The first-order valence-electron chi connectivity index (χ1n) is 18.5. The van der Waals surface area contributed by atoms with Gasteiger partial charge in [0.25, 0.3) is 0 Å². The van der Waals surface area contributed by atoms with Crippen molar-refractivity contribution in [3.8, 4) is 84.5 Å². The van der Waals surface area contributed by atoms with Gasteiger partial charge < -0.3 is 0 Å². The summed E-state index contributed by atoms with van der Waals surface area (Å²) >= 11 is 0. The summed E-state index contributed by atoms with van der Waals surface area (Å²) in [6.07, 6.45) is 4.77. The van der Waals surface area contributed by atoms with Crippen LogP contribution in [0.3, 0.4) is 0 Å². The van der Waals surface area contributed by atoms with Crippen LogP contribution in [-0.4, -0.2) is 19.9 Å². The van der Waals surface area contributed by atoms with Gasteiger partial charge in [-0.05, 0) is 57.1 Å². The Morgan fingerprint density at radius 1 is 0.382 bits per heavy atom. The zero-order valence-corrected chi connectivity index (χ0v) is 29.9. The lowest BCUT2D eigenvalue weighted by Crippen LogP contribution is -2.35. The molecule has 0 spiro atoms. The van der Waals surface area contributed by atoms with Crippen molar-refractivity contribution < 1.29 is 4.57 Å². The maximum Gasteiger partial charge on any atom is 0.218 e. The van der Waals surface area contributed by atoms with E-state index >= 15 is 0 Å². The minimum atomic E-state index is 0.603. The molecule has 0 amide bonds. The minimum Gasteiger partial charge on any atom is -0.243 e. The van der Waals surface area contributed by atoms with Gasteiger partial charge in [-0.2, -0.15) is 4.57 Å². The van der Waals surface area contributed by atoms with E-state index in [1.165, 1.54) is 16.7 Å². The van der Waals surface area contributed by atoms with Crippen LogP contribution in [0.5, 0.6) is 0 Å². The molecule has 0 N–H and O–H groups in total. The van der Waals surface area contributed by atoms with Gasteiger partial charge in [0.05, 0.1) is 12.6 Å². The standard InChI is InChI=1S/C50H34N5/c1-4-14-34(15-5-1)37-21-12-23-39(28-37)42-30-43(32-44(31-42)55-27-26-51-47-45-25-11-10-20-40(45)33-46(47)55)50-53-48(36-18-8-3-9-19-36)52-49(54-50)41-24-13-22-38(29-41)35-16-6-2-7-17-35/h1-32H,33H2/q+1. The van der Waals surface area contributed by atoms with Crippen molar-refractivity contribution in [3.05, 3.63) is 206 Å². The van der Waals surface area contributed by atoms with E-state index in [0.717, 1.165) is 68.0 Å². The molecule has 0 saturated carbocycles. The van der Waals surface area contributed by atoms with Crippen LogP contribution >= 0.6 is 0 Å². The highest BCUT2D eigenvalue weighted by molar-refractivity contribution is 5.79. The lowest BCUT2D eigenvalue weighted by Gasteiger charge is -2.12. The van der Waals surface area contributed by atoms with Gasteiger partial charge in [-0.3, -0.25) is 0 Å². The quantitative estimate of drug-likeness (QED) is 0.155. The number of benzene rings is 7. The van der Waals surface area contributed by atoms with Crippen molar-refractivity contribution in [1.82, 2.24) is 19.9 Å². The highest BCUT2D eigenvalue weighted by Crippen LogP contribution is 2.36. The maximum atomic E-state index is 5.23. The summed E-state index contributed by atoms with van der Waals surface area (Å²) < 4.78 is 2.28. The second-order valence-electron chi connectivity index (χ2n) is 13.8. The fourth-order valence-electron chi connectivity index (χ4n) is 7.55. The predicted molar refractivity (Wildman–Crippen MR) is 220 cm³/mol. The number of aromatic nitrogens is 5. The Hall–Kier alpha value is -7.37. The Bertz CT molecular complexity index is 2830. The number of hydrogen-bond donors (Lipinski definition) is 0. The molecule has 2 aromatic heterocycles. The molecule has 0 saturated heterocycles. The van der Waals surface area contributed by atoms with Gasteiger partial charge >= 0.3 is 0 Å². The zero-order valence-electron chi connectivity index (χ0n) is 29.9. The maximum absolute atomic E-state index is 5.23. The molecule has 5 nitrogen and oxygen atoms in total. The summed E-state index contributed by atoms with van der Waals surface area (Å²) in [5, 5.41) is 0. The average Bonchev–Trinajstić information content (AvgIpc) is 3.66. The zero-order chi connectivity index (χ0) is 36.6. The van der Waals surface area contributed by atoms with Crippen LogP contribution in [0.25, 0.3) is 84.5 Å². The number of nitrogens with zero attached hydrogens (tertiary/aromatic N) is 5. The van der Waals surface area contributed by atoms with Crippen LogP contribution in [0.2, 0.25) is 0 Å². The Morgan fingerprint density at radius 2 is 0.855 bits per heavy atom. The number of fused-ring (bicyclic) bond motifs is 3. The summed E-state index contributed by atoms with van der Waals surface area (Å²) in [5.74, 6) is 1.84. The summed E-state index contributed by atoms with van der Waals surface area (Å²) in [6.45, 7) is 0. The van der Waals surface area contributed by atoms with Gasteiger partial charge in [0, 0.05) is 34.4 Å². The molecule has 7 aromatic carbocycles. The predicted octanol–water partition coefficient (Wildman–Crippen LogP) is 11.1. The van der Waals surface area contributed by atoms with E-state index in [1.807, 2.05) is 42.6 Å². The van der Waals surface area contributed by atoms with Crippen molar-refractivity contribution in [1.29, 1.82) is 0 Å². The van der Waals surface area contributed by atoms with Crippen molar-refractivity contribution in [2.45, 2.75) is 6.42 Å². The topological polar surface area (TPSA) is 55.4 Å². The van der Waals surface area contributed by atoms with Gasteiger partial charge in [0.1, 0.15) is 5.69 Å². The molecule has 0 atom stereocenters. The molecule has 0 fully saturated rings. The number of rotatable bonds is 7. The SMILES string of the molecule is c1ccc(-c2cccc(-c3cc(-c4nc(-c5ccccc5)nc(-c5cccc(-c6ccccc6)c5)n4)cc(-[n+]4ccnc5c4Cc4ccccc4-5)c3)c2)cc1. The second-order valence-corrected chi connectivity index (χ2v) is 13.8. The van der Waals surface area contributed by atoms with Crippen molar-refractivity contribution >= 4 is 0 Å². The Labute approximate surface area is 320 Å². The smallest absolute Gasteiger partial charge is 0.218 e. The molecule has 55 heavy (non-hydrogen) atoms. The fourth-order valence-corrected chi connectivity index (χ4v) is 7.55. The average molecular weight is 705 g/mol. The van der Waals surface area contributed by atoms with Crippen LogP contribution in [0.15, 0.2) is 194 Å². The van der Waals surface area contributed by atoms with Crippen LogP contribution in [0, 0.1) is 0 Å². The molecular weight excluding hydrogens is 671 g/mol. The molecular formula is C50H34N5+. The normalized spacial score (nSPS) is 11.6. The van der Waals surface area contributed by atoms with E-state index in [1.54, 1.807) is 0 Å². The number of hydrogen-bond acceptors (Lipinski definition) is 4. The van der Waals surface area contributed by atoms with Crippen LogP contribution in [-0.2, 0) is 6.42 Å². The molecule has 0 aliphatic heterocycles. The lowest BCUT2D eigenvalue weighted by atomic mass is 9.97. The molecule has 9 aromatic rings. The van der Waals surface area contributed by atoms with E-state index in [0.29, 0.717) is 17.5 Å². The summed E-state index contributed by atoms with van der Waals surface area (Å²) in [4.78, 5) is 20.3. The monoisotopic (exact) mass is 704 g/mol. The van der Waals surface area contributed by atoms with Gasteiger partial charge in [0.15, 0.2) is 23.7 Å². The third kappa shape index (κ3) is 6.28. The van der Waals surface area contributed by atoms with E-state index in [-0.39, 0.29) is 0 Å². The highest BCUT2D eigenvalue weighted by Gasteiger charge is 2.30. The van der Waals surface area contributed by atoms with Crippen molar-refractivity contribution in [2.24, 2.45) is 0 Å². The first-order valence-corrected chi connectivity index (χ1v) is 18.5. The van der Waals surface area contributed by atoms with Gasteiger partial charge in [-0.15, -0.1) is 0 Å². The van der Waals surface area contributed by atoms with Gasteiger partial charge in [-0.1, -0.05) is 152 Å². The third-order valence-electron chi connectivity index (χ3n) is 10.3. The summed E-state index contributed by atoms with van der Waals surface area (Å²) in [6, 6.07) is 63.5. The van der Waals surface area contributed by atoms with Gasteiger partial charge in [0.2, 0.25) is 11.4 Å². The lowest BCUT2D eigenvalue weighted by molar-refractivity contribution is -0.603. The fraction of sp³-hybridized carbons (Fsp3) is 0.0200.